The van der Waals surface area contributed by atoms with Crippen molar-refractivity contribution < 1.29 is 4.79 Å². The summed E-state index contributed by atoms with van der Waals surface area (Å²) in [6, 6.07) is -0.234. The van der Waals surface area contributed by atoms with Gasteiger partial charge in [0.2, 0.25) is 0 Å². The van der Waals surface area contributed by atoms with Crippen molar-refractivity contribution in [2.24, 2.45) is 11.7 Å². The summed E-state index contributed by atoms with van der Waals surface area (Å²) in [4.78, 5) is 11.1. The normalized spacial score (nSPS) is 13.7. The van der Waals surface area contributed by atoms with Crippen LogP contribution in [0.15, 0.2) is 0 Å². The average molecular weight is 143 g/mol. The molecule has 0 fully saturated rings. The molecule has 0 radical (unpaired) electrons. The second-order valence-electron chi connectivity index (χ2n) is 3.08. The van der Waals surface area contributed by atoms with Gasteiger partial charge in [0, 0.05) is 6.42 Å². The molecule has 0 aliphatic heterocycles. The molecule has 2 nitrogen and oxygen atoms in total. The van der Waals surface area contributed by atoms with Gasteiger partial charge in [-0.2, -0.15) is 0 Å². The van der Waals surface area contributed by atoms with Gasteiger partial charge in [-0.25, -0.2) is 0 Å². The maximum absolute atomic E-state index is 11.1. The van der Waals surface area contributed by atoms with E-state index in [9.17, 15) is 4.79 Å². The van der Waals surface area contributed by atoms with Gasteiger partial charge in [0.1, 0.15) is 5.78 Å². The van der Waals surface area contributed by atoms with Crippen molar-refractivity contribution in [2.45, 2.75) is 39.7 Å². The van der Waals surface area contributed by atoms with Gasteiger partial charge < -0.3 is 5.73 Å². The molecule has 0 aromatic carbocycles. The first-order valence-corrected chi connectivity index (χ1v) is 3.86. The summed E-state index contributed by atoms with van der Waals surface area (Å²) in [6.45, 7) is 5.99. The van der Waals surface area contributed by atoms with E-state index >= 15 is 0 Å². The van der Waals surface area contributed by atoms with Gasteiger partial charge in [0.05, 0.1) is 6.04 Å². The molecular weight excluding hydrogens is 126 g/mol. The number of carbonyl (C=O) groups is 1. The summed E-state index contributed by atoms with van der Waals surface area (Å²) in [7, 11) is 0. The molecule has 0 aliphatic rings. The van der Waals surface area contributed by atoms with Crippen LogP contribution in [0, 0.1) is 5.92 Å². The highest BCUT2D eigenvalue weighted by atomic mass is 16.1. The van der Waals surface area contributed by atoms with Gasteiger partial charge in [-0.15, -0.1) is 0 Å². The minimum absolute atomic E-state index is 0.192. The Morgan fingerprint density at radius 1 is 1.50 bits per heavy atom. The van der Waals surface area contributed by atoms with Gasteiger partial charge in [0.25, 0.3) is 0 Å². The third kappa shape index (κ3) is 3.62. The Labute approximate surface area is 62.8 Å². The van der Waals surface area contributed by atoms with E-state index in [4.69, 9.17) is 5.73 Å². The zero-order chi connectivity index (χ0) is 8.15. The Morgan fingerprint density at radius 3 is 2.30 bits per heavy atom. The number of hydrogen-bond acceptors (Lipinski definition) is 2. The highest BCUT2D eigenvalue weighted by molar-refractivity contribution is 5.83. The third-order valence-corrected chi connectivity index (χ3v) is 1.46. The standard InChI is InChI=1S/C8H17NO/c1-4-7(9)8(10)5-6(2)3/h6-7H,4-5,9H2,1-3H3/t7-/m1/s1. The zero-order valence-electron chi connectivity index (χ0n) is 7.05. The molecule has 0 saturated carbocycles. The fourth-order valence-corrected chi connectivity index (χ4v) is 0.781. The summed E-state index contributed by atoms with van der Waals surface area (Å²) >= 11 is 0. The minimum Gasteiger partial charge on any atom is -0.322 e. The summed E-state index contributed by atoms with van der Waals surface area (Å²) in [6.07, 6.45) is 1.38. The Bertz CT molecular complexity index is 110. The maximum atomic E-state index is 11.1. The van der Waals surface area contributed by atoms with Crippen molar-refractivity contribution >= 4 is 5.78 Å². The molecule has 1 atom stereocenters. The van der Waals surface area contributed by atoms with E-state index in [1.54, 1.807) is 0 Å². The molecule has 60 valence electrons. The molecule has 0 spiro atoms. The number of hydrogen-bond donors (Lipinski definition) is 1. The molecule has 0 saturated heterocycles. The van der Waals surface area contributed by atoms with Crippen LogP contribution in [0.2, 0.25) is 0 Å². The molecule has 0 aromatic rings. The smallest absolute Gasteiger partial charge is 0.149 e. The van der Waals surface area contributed by atoms with E-state index in [0.29, 0.717) is 12.3 Å². The molecule has 0 aromatic heterocycles. The van der Waals surface area contributed by atoms with E-state index in [0.717, 1.165) is 6.42 Å². The van der Waals surface area contributed by atoms with Crippen LogP contribution in [-0.2, 0) is 4.79 Å². The number of nitrogens with two attached hydrogens (primary N) is 1. The highest BCUT2D eigenvalue weighted by Crippen LogP contribution is 2.03. The highest BCUT2D eigenvalue weighted by Gasteiger charge is 2.11. The molecule has 0 aliphatic carbocycles. The average Bonchev–Trinajstić information content (AvgIpc) is 1.85. The van der Waals surface area contributed by atoms with Gasteiger partial charge in [-0.3, -0.25) is 4.79 Å². The van der Waals surface area contributed by atoms with Crippen LogP contribution in [0.5, 0.6) is 0 Å². The summed E-state index contributed by atoms with van der Waals surface area (Å²) < 4.78 is 0. The molecular formula is C8H17NO. The van der Waals surface area contributed by atoms with Crippen molar-refractivity contribution in [3.05, 3.63) is 0 Å². The van der Waals surface area contributed by atoms with Gasteiger partial charge in [0.15, 0.2) is 0 Å². The first kappa shape index (κ1) is 9.63. The maximum Gasteiger partial charge on any atom is 0.149 e. The topological polar surface area (TPSA) is 43.1 Å². The van der Waals surface area contributed by atoms with Crippen LogP contribution >= 0.6 is 0 Å². The van der Waals surface area contributed by atoms with Crippen LogP contribution in [0.3, 0.4) is 0 Å². The van der Waals surface area contributed by atoms with Crippen molar-refractivity contribution in [3.8, 4) is 0 Å². The number of rotatable bonds is 4. The summed E-state index contributed by atoms with van der Waals surface area (Å²) in [5.41, 5.74) is 5.52. The molecule has 2 heteroatoms. The number of carbonyl (C=O) groups excluding carboxylic acids is 1. The largest absolute Gasteiger partial charge is 0.322 e. The lowest BCUT2D eigenvalue weighted by Gasteiger charge is -2.08. The third-order valence-electron chi connectivity index (χ3n) is 1.46. The van der Waals surface area contributed by atoms with Crippen LogP contribution in [0.25, 0.3) is 0 Å². The van der Waals surface area contributed by atoms with E-state index in [1.807, 2.05) is 20.8 Å². The number of Topliss-reactive ketones (excluding diaryl/α,β-unsaturated/α-hetero) is 1. The lowest BCUT2D eigenvalue weighted by atomic mass is 10.0. The van der Waals surface area contributed by atoms with E-state index in [1.165, 1.54) is 0 Å². The molecule has 0 rings (SSSR count). The number of ketones is 1. The van der Waals surface area contributed by atoms with Crippen molar-refractivity contribution in [1.29, 1.82) is 0 Å². The monoisotopic (exact) mass is 143 g/mol. The molecule has 0 unspecified atom stereocenters. The van der Waals surface area contributed by atoms with E-state index in [2.05, 4.69) is 0 Å². The van der Waals surface area contributed by atoms with Gasteiger partial charge in [-0.1, -0.05) is 20.8 Å². The summed E-state index contributed by atoms with van der Waals surface area (Å²) in [5.74, 6) is 0.627. The Morgan fingerprint density at radius 2 is 2.00 bits per heavy atom. The lowest BCUT2D eigenvalue weighted by molar-refractivity contribution is -0.121. The minimum atomic E-state index is -0.234. The van der Waals surface area contributed by atoms with Crippen LogP contribution in [0.4, 0.5) is 0 Å². The Hall–Kier alpha value is -0.370. The second-order valence-corrected chi connectivity index (χ2v) is 3.08. The molecule has 0 amide bonds. The SMILES string of the molecule is CC[C@@H](N)C(=O)CC(C)C. The fraction of sp³-hybridized carbons (Fsp3) is 0.875. The molecule has 2 N–H and O–H groups in total. The first-order valence-electron chi connectivity index (χ1n) is 3.86. The lowest BCUT2D eigenvalue weighted by Crippen LogP contribution is -2.30. The van der Waals surface area contributed by atoms with Crippen LogP contribution < -0.4 is 5.73 Å². The Balaban J connectivity index is 3.62. The van der Waals surface area contributed by atoms with Crippen molar-refractivity contribution in [1.82, 2.24) is 0 Å². The van der Waals surface area contributed by atoms with Gasteiger partial charge in [-0.05, 0) is 12.3 Å². The van der Waals surface area contributed by atoms with Crippen LogP contribution in [0.1, 0.15) is 33.6 Å². The predicted octanol–water partition coefficient (Wildman–Crippen LogP) is 1.34. The van der Waals surface area contributed by atoms with Crippen molar-refractivity contribution in [2.75, 3.05) is 0 Å². The second kappa shape index (κ2) is 4.45. The zero-order valence-corrected chi connectivity index (χ0v) is 7.05. The molecule has 0 heterocycles. The van der Waals surface area contributed by atoms with Crippen molar-refractivity contribution in [3.63, 3.8) is 0 Å². The first-order chi connectivity index (χ1) is 4.57. The fourth-order valence-electron chi connectivity index (χ4n) is 0.781. The quantitative estimate of drug-likeness (QED) is 0.645. The Kier molecular flexibility index (Phi) is 4.28. The predicted molar refractivity (Wildman–Crippen MR) is 42.7 cm³/mol. The van der Waals surface area contributed by atoms with Crippen LogP contribution in [-0.4, -0.2) is 11.8 Å². The van der Waals surface area contributed by atoms with E-state index in [-0.39, 0.29) is 11.8 Å². The molecule has 10 heavy (non-hydrogen) atoms. The van der Waals surface area contributed by atoms with E-state index < -0.39 is 0 Å². The van der Waals surface area contributed by atoms with Gasteiger partial charge >= 0.3 is 0 Å². The summed E-state index contributed by atoms with van der Waals surface area (Å²) in [5, 5.41) is 0. The molecule has 0 bridgehead atoms.